The summed E-state index contributed by atoms with van der Waals surface area (Å²) in [6.45, 7) is 2.24. The number of rotatable bonds is 20. The van der Waals surface area contributed by atoms with Crippen LogP contribution in [0.1, 0.15) is 116 Å². The van der Waals surface area contributed by atoms with Gasteiger partial charge in [0.05, 0.1) is 0 Å². The Hall–Kier alpha value is -1.59. The summed E-state index contributed by atoms with van der Waals surface area (Å²) in [5.41, 5.74) is 0. The fourth-order valence-corrected chi connectivity index (χ4v) is 3.27. The molecule has 0 rings (SSSR count). The van der Waals surface area contributed by atoms with Crippen LogP contribution in [-0.2, 0) is 14.4 Å². The van der Waals surface area contributed by atoms with Gasteiger partial charge in [-0.05, 0) is 12.8 Å². The molecule has 0 saturated heterocycles. The topological polar surface area (TPSA) is 104 Å². The first-order chi connectivity index (χ1) is 13.5. The van der Waals surface area contributed by atoms with Crippen LogP contribution in [0.2, 0.25) is 0 Å². The average Bonchev–Trinajstić information content (AvgIpc) is 2.65. The minimum absolute atomic E-state index is 0.0881. The third-order valence-electron chi connectivity index (χ3n) is 5.04. The number of hydrogen-bond acceptors (Lipinski definition) is 3. The summed E-state index contributed by atoms with van der Waals surface area (Å²) in [5, 5.41) is 20.1. The fourth-order valence-electron chi connectivity index (χ4n) is 3.27. The molecule has 164 valence electrons. The van der Waals surface area contributed by atoms with Gasteiger partial charge >= 0.3 is 11.9 Å². The van der Waals surface area contributed by atoms with Gasteiger partial charge < -0.3 is 15.5 Å². The van der Waals surface area contributed by atoms with Gasteiger partial charge in [-0.2, -0.15) is 0 Å². The van der Waals surface area contributed by atoms with Crippen LogP contribution < -0.4 is 5.32 Å². The molecular formula is C22H41NO5. The first-order valence-corrected chi connectivity index (χ1v) is 11.2. The van der Waals surface area contributed by atoms with Crippen molar-refractivity contribution in [3.05, 3.63) is 0 Å². The molecule has 28 heavy (non-hydrogen) atoms. The Morgan fingerprint density at radius 1 is 0.679 bits per heavy atom. The van der Waals surface area contributed by atoms with E-state index in [0.29, 0.717) is 6.42 Å². The summed E-state index contributed by atoms with van der Waals surface area (Å²) in [6, 6.07) is -1.12. The molecule has 0 bridgehead atoms. The van der Waals surface area contributed by atoms with E-state index in [1.165, 1.54) is 70.6 Å². The number of carbonyl (C=O) groups excluding carboxylic acids is 1. The summed E-state index contributed by atoms with van der Waals surface area (Å²) in [6.07, 6.45) is 17.3. The maximum absolute atomic E-state index is 11.8. The Morgan fingerprint density at radius 2 is 1.11 bits per heavy atom. The van der Waals surface area contributed by atoms with E-state index >= 15 is 0 Å². The van der Waals surface area contributed by atoms with Crippen molar-refractivity contribution in [3.8, 4) is 0 Å². The molecule has 0 spiro atoms. The predicted molar refractivity (Wildman–Crippen MR) is 111 cm³/mol. The highest BCUT2D eigenvalue weighted by molar-refractivity contribution is 5.83. The fraction of sp³-hybridized carbons (Fsp3) is 0.864. The van der Waals surface area contributed by atoms with Crippen molar-refractivity contribution in [2.45, 2.75) is 122 Å². The lowest BCUT2D eigenvalue weighted by atomic mass is 10.0. The van der Waals surface area contributed by atoms with Crippen molar-refractivity contribution >= 4 is 17.8 Å². The van der Waals surface area contributed by atoms with Gasteiger partial charge in [0.25, 0.3) is 0 Å². The second kappa shape index (κ2) is 18.8. The van der Waals surface area contributed by atoms with Crippen molar-refractivity contribution in [1.29, 1.82) is 0 Å². The zero-order valence-electron chi connectivity index (χ0n) is 17.7. The van der Waals surface area contributed by atoms with Gasteiger partial charge in [-0.3, -0.25) is 9.59 Å². The van der Waals surface area contributed by atoms with Crippen molar-refractivity contribution < 1.29 is 24.6 Å². The van der Waals surface area contributed by atoms with Crippen molar-refractivity contribution in [2.24, 2.45) is 0 Å². The molecule has 3 N–H and O–H groups in total. The summed E-state index contributed by atoms with van der Waals surface area (Å²) in [5.74, 6) is -2.56. The molecule has 0 fully saturated rings. The second-order valence-electron chi connectivity index (χ2n) is 7.74. The monoisotopic (exact) mass is 399 g/mol. The highest BCUT2D eigenvalue weighted by atomic mass is 16.4. The largest absolute Gasteiger partial charge is 0.481 e. The van der Waals surface area contributed by atoms with Crippen LogP contribution in [0.4, 0.5) is 0 Å². The first-order valence-electron chi connectivity index (χ1n) is 11.2. The van der Waals surface area contributed by atoms with Gasteiger partial charge in [-0.15, -0.1) is 0 Å². The van der Waals surface area contributed by atoms with E-state index in [2.05, 4.69) is 12.2 Å². The quantitative estimate of drug-likeness (QED) is 0.241. The standard InChI is InChI=1S/C22H41NO5/c1-2-3-4-5-6-7-8-9-10-11-12-13-14-15-16-20(24)23-19(22(27)28)17-18-21(25)26/h19H,2-18H2,1H3,(H,23,24)(H,25,26)(H,27,28)/t19-/m0/s1. The van der Waals surface area contributed by atoms with Crippen LogP contribution in [0.5, 0.6) is 0 Å². The SMILES string of the molecule is CCCCCCCCCCCCCCCCC(=O)N[C@@H](CCC(=O)O)C(=O)O. The number of carbonyl (C=O) groups is 3. The number of aliphatic carboxylic acids is 2. The zero-order chi connectivity index (χ0) is 21.0. The lowest BCUT2D eigenvalue weighted by Gasteiger charge is -2.13. The van der Waals surface area contributed by atoms with Gasteiger partial charge in [0.1, 0.15) is 6.04 Å². The van der Waals surface area contributed by atoms with Crippen molar-refractivity contribution in [1.82, 2.24) is 5.32 Å². The van der Waals surface area contributed by atoms with Gasteiger partial charge in [0.15, 0.2) is 0 Å². The van der Waals surface area contributed by atoms with Crippen LogP contribution in [0, 0.1) is 0 Å². The Balaban J connectivity index is 3.48. The molecule has 0 saturated carbocycles. The van der Waals surface area contributed by atoms with E-state index < -0.39 is 18.0 Å². The maximum Gasteiger partial charge on any atom is 0.326 e. The number of nitrogens with one attached hydrogen (secondary N) is 1. The molecule has 0 radical (unpaired) electrons. The molecule has 1 atom stereocenters. The Bertz CT molecular complexity index is 425. The molecule has 6 nitrogen and oxygen atoms in total. The van der Waals surface area contributed by atoms with Crippen molar-refractivity contribution in [2.75, 3.05) is 0 Å². The van der Waals surface area contributed by atoms with E-state index in [1.54, 1.807) is 0 Å². The number of carboxylic acids is 2. The number of amides is 1. The van der Waals surface area contributed by atoms with E-state index in [9.17, 15) is 14.4 Å². The Kier molecular flexibility index (Phi) is 17.7. The molecular weight excluding hydrogens is 358 g/mol. The summed E-state index contributed by atoms with van der Waals surface area (Å²) >= 11 is 0. The number of unbranched alkanes of at least 4 members (excludes halogenated alkanes) is 13. The lowest BCUT2D eigenvalue weighted by Crippen LogP contribution is -2.41. The van der Waals surface area contributed by atoms with Gasteiger partial charge in [-0.1, -0.05) is 90.4 Å². The third-order valence-corrected chi connectivity index (χ3v) is 5.04. The van der Waals surface area contributed by atoms with E-state index in [4.69, 9.17) is 10.2 Å². The van der Waals surface area contributed by atoms with Gasteiger partial charge in [0, 0.05) is 12.8 Å². The number of carboxylic acid groups (broad SMARTS) is 2. The lowest BCUT2D eigenvalue weighted by molar-refractivity contribution is -0.143. The molecule has 0 aliphatic carbocycles. The molecule has 1 amide bonds. The first kappa shape index (κ1) is 26.4. The van der Waals surface area contributed by atoms with E-state index in [1.807, 2.05) is 0 Å². The van der Waals surface area contributed by atoms with E-state index in [-0.39, 0.29) is 18.7 Å². The Labute approximate surface area is 170 Å². The molecule has 0 aliphatic heterocycles. The summed E-state index contributed by atoms with van der Waals surface area (Å²) < 4.78 is 0. The molecule has 6 heteroatoms. The zero-order valence-corrected chi connectivity index (χ0v) is 17.7. The van der Waals surface area contributed by atoms with Crippen LogP contribution in [0.3, 0.4) is 0 Å². The van der Waals surface area contributed by atoms with E-state index in [0.717, 1.165) is 19.3 Å². The highest BCUT2D eigenvalue weighted by Crippen LogP contribution is 2.13. The highest BCUT2D eigenvalue weighted by Gasteiger charge is 2.20. The van der Waals surface area contributed by atoms with Crippen LogP contribution >= 0.6 is 0 Å². The minimum atomic E-state index is -1.18. The Morgan fingerprint density at radius 3 is 1.50 bits per heavy atom. The smallest absolute Gasteiger partial charge is 0.326 e. The molecule has 0 unspecified atom stereocenters. The second-order valence-corrected chi connectivity index (χ2v) is 7.74. The molecule has 0 heterocycles. The predicted octanol–water partition coefficient (Wildman–Crippen LogP) is 5.29. The molecule has 0 aromatic carbocycles. The van der Waals surface area contributed by atoms with Crippen LogP contribution in [-0.4, -0.2) is 34.1 Å². The maximum atomic E-state index is 11.8. The summed E-state index contributed by atoms with van der Waals surface area (Å²) in [7, 11) is 0. The normalized spacial score (nSPS) is 11.9. The molecule has 0 aromatic heterocycles. The van der Waals surface area contributed by atoms with Gasteiger partial charge in [-0.25, -0.2) is 4.79 Å². The third kappa shape index (κ3) is 17.8. The molecule has 0 aliphatic rings. The van der Waals surface area contributed by atoms with Crippen molar-refractivity contribution in [3.63, 3.8) is 0 Å². The van der Waals surface area contributed by atoms with Gasteiger partial charge in [0.2, 0.25) is 5.91 Å². The molecule has 0 aromatic rings. The summed E-state index contributed by atoms with van der Waals surface area (Å²) in [4.78, 5) is 33.4. The average molecular weight is 400 g/mol. The van der Waals surface area contributed by atoms with Crippen LogP contribution in [0.15, 0.2) is 0 Å². The number of hydrogen-bond donors (Lipinski definition) is 3. The van der Waals surface area contributed by atoms with Crippen LogP contribution in [0.25, 0.3) is 0 Å². The minimum Gasteiger partial charge on any atom is -0.481 e.